The second kappa shape index (κ2) is 5.86. The van der Waals surface area contributed by atoms with E-state index in [1.807, 2.05) is 13.8 Å². The zero-order chi connectivity index (χ0) is 13.2. The third-order valence-electron chi connectivity index (χ3n) is 3.57. The minimum Gasteiger partial charge on any atom is -0.314 e. The first kappa shape index (κ1) is 14.2. The molecule has 2 aliphatic rings. The van der Waals surface area contributed by atoms with Crippen LogP contribution in [0.5, 0.6) is 0 Å². The summed E-state index contributed by atoms with van der Waals surface area (Å²) in [6.07, 6.45) is 4.56. The molecule has 0 aromatic rings. The van der Waals surface area contributed by atoms with E-state index in [0.717, 1.165) is 25.3 Å². The monoisotopic (exact) mass is 275 g/mol. The Morgan fingerprint density at radius 3 is 2.28 bits per heavy atom. The summed E-state index contributed by atoms with van der Waals surface area (Å²) in [5.41, 5.74) is 0. The van der Waals surface area contributed by atoms with Crippen molar-refractivity contribution in [1.29, 1.82) is 0 Å². The van der Waals surface area contributed by atoms with E-state index in [1.165, 1.54) is 12.8 Å². The molecule has 1 aliphatic heterocycles. The van der Waals surface area contributed by atoms with Crippen LogP contribution in [0.4, 0.5) is 0 Å². The Labute approximate surface area is 110 Å². The van der Waals surface area contributed by atoms with E-state index in [4.69, 9.17) is 0 Å². The highest BCUT2D eigenvalue weighted by Gasteiger charge is 2.29. The third-order valence-corrected chi connectivity index (χ3v) is 5.38. The lowest BCUT2D eigenvalue weighted by Crippen LogP contribution is -2.50. The van der Waals surface area contributed by atoms with E-state index in [2.05, 4.69) is 10.0 Å². The van der Waals surface area contributed by atoms with Crippen molar-refractivity contribution in [2.75, 3.05) is 19.6 Å². The lowest BCUT2D eigenvalue weighted by atomic mass is 10.1. The molecule has 0 bridgehead atoms. The summed E-state index contributed by atoms with van der Waals surface area (Å²) in [6, 6.07) is 0.455. The van der Waals surface area contributed by atoms with Gasteiger partial charge in [0.05, 0.1) is 0 Å². The molecule has 0 atom stereocenters. The molecule has 1 saturated carbocycles. The van der Waals surface area contributed by atoms with Crippen LogP contribution in [-0.2, 0) is 10.2 Å². The van der Waals surface area contributed by atoms with Gasteiger partial charge in [-0.25, -0.2) is 0 Å². The molecule has 106 valence electrons. The van der Waals surface area contributed by atoms with Gasteiger partial charge in [-0.3, -0.25) is 0 Å². The van der Waals surface area contributed by atoms with Crippen LogP contribution >= 0.6 is 0 Å². The van der Waals surface area contributed by atoms with Crippen molar-refractivity contribution in [1.82, 2.24) is 14.3 Å². The van der Waals surface area contributed by atoms with Crippen molar-refractivity contribution in [3.63, 3.8) is 0 Å². The highest BCUT2D eigenvalue weighted by molar-refractivity contribution is 7.87. The summed E-state index contributed by atoms with van der Waals surface area (Å²) in [6.45, 7) is 6.07. The Kier molecular flexibility index (Phi) is 4.64. The Morgan fingerprint density at radius 1 is 1.17 bits per heavy atom. The van der Waals surface area contributed by atoms with Crippen molar-refractivity contribution >= 4 is 10.2 Å². The fourth-order valence-corrected chi connectivity index (χ4v) is 3.76. The van der Waals surface area contributed by atoms with E-state index in [-0.39, 0.29) is 6.04 Å². The van der Waals surface area contributed by atoms with Gasteiger partial charge in [0.2, 0.25) is 0 Å². The fourth-order valence-electron chi connectivity index (χ4n) is 2.33. The van der Waals surface area contributed by atoms with Crippen LogP contribution < -0.4 is 10.0 Å². The molecular formula is C12H25N3O2S. The summed E-state index contributed by atoms with van der Waals surface area (Å²) in [7, 11) is -3.27. The first-order valence-corrected chi connectivity index (χ1v) is 8.42. The van der Waals surface area contributed by atoms with Crippen LogP contribution in [0.15, 0.2) is 0 Å². The second-order valence-corrected chi connectivity index (χ2v) is 7.50. The van der Waals surface area contributed by atoms with Crippen LogP contribution in [0.2, 0.25) is 0 Å². The zero-order valence-electron chi connectivity index (χ0n) is 11.4. The number of nitrogens with one attached hydrogen (secondary N) is 2. The zero-order valence-corrected chi connectivity index (χ0v) is 12.2. The number of nitrogens with zero attached hydrogens (tertiary/aromatic N) is 1. The predicted octanol–water partition coefficient (Wildman–Crippen LogP) is 0.693. The highest BCUT2D eigenvalue weighted by Crippen LogP contribution is 2.28. The lowest BCUT2D eigenvalue weighted by Gasteiger charge is -2.32. The molecule has 1 aliphatic carbocycles. The standard InChI is InChI=1S/C12H25N3O2S/c1-10(2)14-18(16,17)15-7-5-12(6-8-15)13-9-11-3-4-11/h10-14H,3-9H2,1-2H3. The van der Waals surface area contributed by atoms with Gasteiger partial charge in [0, 0.05) is 25.2 Å². The van der Waals surface area contributed by atoms with Crippen LogP contribution in [0.25, 0.3) is 0 Å². The van der Waals surface area contributed by atoms with Crippen LogP contribution in [0, 0.1) is 5.92 Å². The molecule has 0 aromatic heterocycles. The van der Waals surface area contributed by atoms with Crippen molar-refractivity contribution in [2.45, 2.75) is 51.6 Å². The maximum absolute atomic E-state index is 12.0. The SMILES string of the molecule is CC(C)NS(=O)(=O)N1CCC(NCC2CC2)CC1. The first-order valence-electron chi connectivity index (χ1n) is 6.98. The molecule has 2 rings (SSSR count). The molecule has 5 nitrogen and oxygen atoms in total. The molecule has 1 saturated heterocycles. The van der Waals surface area contributed by atoms with Gasteiger partial charge >= 0.3 is 0 Å². The van der Waals surface area contributed by atoms with Gasteiger partial charge in [-0.15, -0.1) is 0 Å². The number of piperidine rings is 1. The Bertz CT molecular complexity index is 358. The fraction of sp³-hybridized carbons (Fsp3) is 1.00. The molecule has 0 aromatic carbocycles. The van der Waals surface area contributed by atoms with Gasteiger partial charge in [0.25, 0.3) is 10.2 Å². The number of rotatable bonds is 6. The maximum atomic E-state index is 12.0. The summed E-state index contributed by atoms with van der Waals surface area (Å²) >= 11 is 0. The maximum Gasteiger partial charge on any atom is 0.279 e. The highest BCUT2D eigenvalue weighted by atomic mass is 32.2. The van der Waals surface area contributed by atoms with Crippen molar-refractivity contribution in [3.8, 4) is 0 Å². The Hall–Kier alpha value is -0.170. The summed E-state index contributed by atoms with van der Waals surface area (Å²) < 4.78 is 28.2. The molecule has 0 radical (unpaired) electrons. The minimum absolute atomic E-state index is 0.0410. The van der Waals surface area contributed by atoms with Gasteiger partial charge in [-0.2, -0.15) is 17.4 Å². The van der Waals surface area contributed by atoms with Crippen molar-refractivity contribution in [2.24, 2.45) is 5.92 Å². The predicted molar refractivity (Wildman–Crippen MR) is 72.5 cm³/mol. The van der Waals surface area contributed by atoms with Crippen LogP contribution in [0.3, 0.4) is 0 Å². The van der Waals surface area contributed by atoms with E-state index in [0.29, 0.717) is 19.1 Å². The molecular weight excluding hydrogens is 250 g/mol. The first-order chi connectivity index (χ1) is 8.47. The number of hydrogen-bond acceptors (Lipinski definition) is 3. The summed E-state index contributed by atoms with van der Waals surface area (Å²) in [4.78, 5) is 0. The molecule has 0 unspecified atom stereocenters. The molecule has 1 heterocycles. The van der Waals surface area contributed by atoms with E-state index in [9.17, 15) is 8.42 Å². The van der Waals surface area contributed by atoms with Crippen LogP contribution in [-0.4, -0.2) is 44.4 Å². The van der Waals surface area contributed by atoms with Gasteiger partial charge in [0.15, 0.2) is 0 Å². The van der Waals surface area contributed by atoms with E-state index in [1.54, 1.807) is 4.31 Å². The van der Waals surface area contributed by atoms with Crippen molar-refractivity contribution in [3.05, 3.63) is 0 Å². The quantitative estimate of drug-likeness (QED) is 0.750. The van der Waals surface area contributed by atoms with E-state index < -0.39 is 10.2 Å². The molecule has 2 N–H and O–H groups in total. The minimum atomic E-state index is -3.27. The smallest absolute Gasteiger partial charge is 0.279 e. The lowest BCUT2D eigenvalue weighted by molar-refractivity contribution is 0.284. The number of hydrogen-bond donors (Lipinski definition) is 2. The molecule has 6 heteroatoms. The summed E-state index contributed by atoms with van der Waals surface area (Å²) in [5, 5.41) is 3.55. The van der Waals surface area contributed by atoms with Gasteiger partial charge in [0.1, 0.15) is 0 Å². The Balaban J connectivity index is 1.74. The molecule has 0 spiro atoms. The molecule has 0 amide bonds. The second-order valence-electron chi connectivity index (χ2n) is 5.80. The van der Waals surface area contributed by atoms with Gasteiger partial charge in [-0.05, 0) is 52.0 Å². The van der Waals surface area contributed by atoms with E-state index >= 15 is 0 Å². The largest absolute Gasteiger partial charge is 0.314 e. The third kappa shape index (κ3) is 4.19. The molecule has 18 heavy (non-hydrogen) atoms. The van der Waals surface area contributed by atoms with Gasteiger partial charge in [-0.1, -0.05) is 0 Å². The van der Waals surface area contributed by atoms with Gasteiger partial charge < -0.3 is 5.32 Å². The Morgan fingerprint density at radius 2 is 1.78 bits per heavy atom. The normalized spacial score (nSPS) is 23.7. The van der Waals surface area contributed by atoms with Crippen molar-refractivity contribution < 1.29 is 8.42 Å². The molecule has 2 fully saturated rings. The summed E-state index contributed by atoms with van der Waals surface area (Å²) in [5.74, 6) is 0.884. The topological polar surface area (TPSA) is 61.4 Å². The van der Waals surface area contributed by atoms with Crippen LogP contribution in [0.1, 0.15) is 39.5 Å². The average Bonchev–Trinajstić information content (AvgIpc) is 3.09. The average molecular weight is 275 g/mol.